The zero-order chi connectivity index (χ0) is 15.1. The van der Waals surface area contributed by atoms with E-state index in [2.05, 4.69) is 50.2 Å². The van der Waals surface area contributed by atoms with Crippen LogP contribution >= 0.6 is 35.3 Å². The van der Waals surface area contributed by atoms with Crippen molar-refractivity contribution in [1.82, 2.24) is 20.8 Å². The predicted molar refractivity (Wildman–Crippen MR) is 100 cm³/mol. The molecule has 2 aromatic rings. The van der Waals surface area contributed by atoms with Crippen molar-refractivity contribution in [3.05, 3.63) is 34.1 Å². The molecule has 8 heteroatoms. The highest BCUT2D eigenvalue weighted by molar-refractivity contribution is 14.0. The standard InChI is InChI=1S/C14H21N5OS.HI/c1-10(12-5-4-8-21-12)9-17-14(15-3)16-7-6-13-18-11(2)19-20-13;/h4-5,8,10H,6-7,9H2,1-3H3,(H2,15,16,17);1H. The van der Waals surface area contributed by atoms with E-state index in [1.165, 1.54) is 4.88 Å². The van der Waals surface area contributed by atoms with Gasteiger partial charge in [0.1, 0.15) is 0 Å². The monoisotopic (exact) mass is 435 g/mol. The molecule has 0 amide bonds. The normalized spacial score (nSPS) is 12.6. The fraction of sp³-hybridized carbons (Fsp3) is 0.500. The summed E-state index contributed by atoms with van der Waals surface area (Å²) in [4.78, 5) is 9.75. The van der Waals surface area contributed by atoms with Crippen molar-refractivity contribution in [1.29, 1.82) is 0 Å². The predicted octanol–water partition coefficient (Wildman–Crippen LogP) is 2.57. The van der Waals surface area contributed by atoms with Gasteiger partial charge in [-0.25, -0.2) is 0 Å². The molecule has 2 heterocycles. The smallest absolute Gasteiger partial charge is 0.228 e. The molecule has 2 rings (SSSR count). The van der Waals surface area contributed by atoms with Gasteiger partial charge in [-0.05, 0) is 18.4 Å². The molecule has 122 valence electrons. The van der Waals surface area contributed by atoms with E-state index in [9.17, 15) is 0 Å². The van der Waals surface area contributed by atoms with Gasteiger partial charge in [0.15, 0.2) is 11.8 Å². The number of nitrogens with zero attached hydrogens (tertiary/aromatic N) is 3. The average Bonchev–Trinajstić information content (AvgIpc) is 3.14. The molecule has 1 atom stereocenters. The number of rotatable bonds is 6. The van der Waals surface area contributed by atoms with Crippen molar-refractivity contribution >= 4 is 41.3 Å². The number of thiophene rings is 1. The molecule has 1 unspecified atom stereocenters. The van der Waals surface area contributed by atoms with Gasteiger partial charge in [-0.15, -0.1) is 35.3 Å². The molecule has 0 fully saturated rings. The Bertz CT molecular complexity index is 570. The van der Waals surface area contributed by atoms with Crippen molar-refractivity contribution in [3.8, 4) is 0 Å². The van der Waals surface area contributed by atoms with Crippen LogP contribution in [0.5, 0.6) is 0 Å². The summed E-state index contributed by atoms with van der Waals surface area (Å²) < 4.78 is 5.07. The zero-order valence-corrected chi connectivity index (χ0v) is 16.1. The maximum atomic E-state index is 5.07. The Morgan fingerprint density at radius 3 is 2.86 bits per heavy atom. The molecule has 0 aliphatic heterocycles. The summed E-state index contributed by atoms with van der Waals surface area (Å²) in [5.74, 6) is 2.55. The van der Waals surface area contributed by atoms with Gasteiger partial charge in [-0.3, -0.25) is 4.99 Å². The Labute approximate surface area is 151 Å². The van der Waals surface area contributed by atoms with Gasteiger partial charge in [0.2, 0.25) is 5.89 Å². The minimum absolute atomic E-state index is 0. The Balaban J connectivity index is 0.00000242. The summed E-state index contributed by atoms with van der Waals surface area (Å²) in [5.41, 5.74) is 0. The maximum absolute atomic E-state index is 5.07. The molecule has 2 aromatic heterocycles. The average molecular weight is 435 g/mol. The topological polar surface area (TPSA) is 75.3 Å². The Morgan fingerprint density at radius 2 is 2.27 bits per heavy atom. The summed E-state index contributed by atoms with van der Waals surface area (Å²) >= 11 is 1.78. The Morgan fingerprint density at radius 1 is 1.45 bits per heavy atom. The van der Waals surface area contributed by atoms with E-state index in [1.54, 1.807) is 18.4 Å². The summed E-state index contributed by atoms with van der Waals surface area (Å²) in [7, 11) is 1.77. The van der Waals surface area contributed by atoms with Crippen LogP contribution in [0.15, 0.2) is 27.0 Å². The molecule has 0 aliphatic rings. The number of nitrogens with one attached hydrogen (secondary N) is 2. The number of aromatic nitrogens is 2. The summed E-state index contributed by atoms with van der Waals surface area (Å²) in [6, 6.07) is 4.24. The van der Waals surface area contributed by atoms with Crippen molar-refractivity contribution in [2.75, 3.05) is 20.1 Å². The van der Waals surface area contributed by atoms with Gasteiger partial charge < -0.3 is 15.2 Å². The van der Waals surface area contributed by atoms with Crippen molar-refractivity contribution in [2.45, 2.75) is 26.2 Å². The van der Waals surface area contributed by atoms with Crippen LogP contribution in [0, 0.1) is 6.92 Å². The fourth-order valence-electron chi connectivity index (χ4n) is 1.87. The lowest BCUT2D eigenvalue weighted by Crippen LogP contribution is -2.39. The highest BCUT2D eigenvalue weighted by Crippen LogP contribution is 2.19. The number of aryl methyl sites for hydroxylation is 1. The third-order valence-electron chi connectivity index (χ3n) is 3.03. The first-order valence-corrected chi connectivity index (χ1v) is 7.84. The lowest BCUT2D eigenvalue weighted by atomic mass is 10.1. The van der Waals surface area contributed by atoms with Gasteiger partial charge >= 0.3 is 0 Å². The number of hydrogen-bond donors (Lipinski definition) is 2. The van der Waals surface area contributed by atoms with E-state index in [0.29, 0.717) is 30.6 Å². The quantitative estimate of drug-likeness (QED) is 0.415. The van der Waals surface area contributed by atoms with Gasteiger partial charge in [-0.2, -0.15) is 4.98 Å². The third-order valence-corrected chi connectivity index (χ3v) is 4.13. The molecule has 22 heavy (non-hydrogen) atoms. The van der Waals surface area contributed by atoms with Crippen LogP contribution in [0.3, 0.4) is 0 Å². The van der Waals surface area contributed by atoms with Gasteiger partial charge in [0.25, 0.3) is 0 Å². The van der Waals surface area contributed by atoms with Crippen LogP contribution in [0.2, 0.25) is 0 Å². The minimum Gasteiger partial charge on any atom is -0.356 e. The van der Waals surface area contributed by atoms with Crippen LogP contribution in [0.25, 0.3) is 0 Å². The van der Waals surface area contributed by atoms with Crippen LogP contribution in [-0.2, 0) is 6.42 Å². The molecule has 0 saturated carbocycles. The van der Waals surface area contributed by atoms with Crippen LogP contribution < -0.4 is 10.6 Å². The summed E-state index contributed by atoms with van der Waals surface area (Å²) in [5, 5.41) is 12.4. The minimum atomic E-state index is 0. The van der Waals surface area contributed by atoms with Crippen molar-refractivity contribution in [2.24, 2.45) is 4.99 Å². The highest BCUT2D eigenvalue weighted by atomic mass is 127. The second kappa shape index (κ2) is 9.78. The second-order valence-electron chi connectivity index (χ2n) is 4.78. The number of guanidine groups is 1. The lowest BCUT2D eigenvalue weighted by molar-refractivity contribution is 0.374. The fourth-order valence-corrected chi connectivity index (χ4v) is 2.66. The first-order chi connectivity index (χ1) is 10.2. The number of hydrogen-bond acceptors (Lipinski definition) is 5. The first kappa shape index (κ1) is 18.9. The number of halogens is 1. The molecule has 0 aromatic carbocycles. The van der Waals surface area contributed by atoms with Crippen molar-refractivity contribution in [3.63, 3.8) is 0 Å². The molecule has 0 aliphatic carbocycles. The lowest BCUT2D eigenvalue weighted by Gasteiger charge is -2.14. The zero-order valence-electron chi connectivity index (χ0n) is 13.0. The molecule has 0 radical (unpaired) electrons. The maximum Gasteiger partial charge on any atom is 0.228 e. The van der Waals surface area contributed by atoms with E-state index in [4.69, 9.17) is 4.52 Å². The largest absolute Gasteiger partial charge is 0.356 e. The third kappa shape index (κ3) is 5.91. The van der Waals surface area contributed by atoms with Gasteiger partial charge in [-0.1, -0.05) is 18.1 Å². The van der Waals surface area contributed by atoms with E-state index >= 15 is 0 Å². The van der Waals surface area contributed by atoms with E-state index in [0.717, 1.165) is 12.5 Å². The van der Waals surface area contributed by atoms with E-state index in [1.807, 2.05) is 6.92 Å². The second-order valence-corrected chi connectivity index (χ2v) is 5.76. The summed E-state index contributed by atoms with van der Waals surface area (Å²) in [6.45, 7) is 5.56. The summed E-state index contributed by atoms with van der Waals surface area (Å²) in [6.07, 6.45) is 0.683. The van der Waals surface area contributed by atoms with Gasteiger partial charge in [0, 0.05) is 37.4 Å². The Hall–Kier alpha value is -1.16. The van der Waals surface area contributed by atoms with E-state index in [-0.39, 0.29) is 24.0 Å². The van der Waals surface area contributed by atoms with Gasteiger partial charge in [0.05, 0.1) is 0 Å². The molecular weight excluding hydrogens is 413 g/mol. The molecular formula is C14H22IN5OS. The van der Waals surface area contributed by atoms with E-state index < -0.39 is 0 Å². The molecule has 0 saturated heterocycles. The Kier molecular flexibility index (Phi) is 8.39. The van der Waals surface area contributed by atoms with Crippen LogP contribution in [-0.4, -0.2) is 36.2 Å². The number of aliphatic imine (C=N–C) groups is 1. The molecule has 0 bridgehead atoms. The highest BCUT2D eigenvalue weighted by Gasteiger charge is 2.08. The van der Waals surface area contributed by atoms with Crippen molar-refractivity contribution < 1.29 is 4.52 Å². The van der Waals surface area contributed by atoms with Crippen LogP contribution in [0.4, 0.5) is 0 Å². The SMILES string of the molecule is CN=C(NCCc1nc(C)no1)NCC(C)c1cccs1.I. The molecule has 0 spiro atoms. The first-order valence-electron chi connectivity index (χ1n) is 6.96. The van der Waals surface area contributed by atoms with Crippen LogP contribution in [0.1, 0.15) is 29.4 Å². The molecule has 2 N–H and O–H groups in total. The molecule has 6 nitrogen and oxygen atoms in total.